The third-order valence-corrected chi connectivity index (χ3v) is 4.09. The van der Waals surface area contributed by atoms with E-state index < -0.39 is 0 Å². The summed E-state index contributed by atoms with van der Waals surface area (Å²) in [6.07, 6.45) is 4.23. The number of H-pyrrole nitrogens is 1. The molecule has 3 nitrogen and oxygen atoms in total. The van der Waals surface area contributed by atoms with Crippen molar-refractivity contribution in [1.82, 2.24) is 10.2 Å². The molecule has 0 fully saturated rings. The van der Waals surface area contributed by atoms with Gasteiger partial charge in [0.2, 0.25) is 0 Å². The van der Waals surface area contributed by atoms with E-state index in [1.807, 2.05) is 11.8 Å². The van der Waals surface area contributed by atoms with Crippen LogP contribution in [0.4, 0.5) is 5.82 Å². The van der Waals surface area contributed by atoms with Gasteiger partial charge in [0.1, 0.15) is 5.82 Å². The molecule has 0 spiro atoms. The molecule has 0 aliphatic carbocycles. The predicted molar refractivity (Wildman–Crippen MR) is 67.5 cm³/mol. The Labute approximate surface area is 98.4 Å². The van der Waals surface area contributed by atoms with Gasteiger partial charge in [0.15, 0.2) is 0 Å². The highest BCUT2D eigenvalue weighted by molar-refractivity contribution is 7.99. The molecule has 1 aromatic carbocycles. The third-order valence-electron chi connectivity index (χ3n) is 2.89. The summed E-state index contributed by atoms with van der Waals surface area (Å²) in [5.74, 6) is 1.88. The van der Waals surface area contributed by atoms with Crippen molar-refractivity contribution >= 4 is 17.6 Å². The molecule has 3 rings (SSSR count). The van der Waals surface area contributed by atoms with Gasteiger partial charge in [-0.15, -0.1) is 11.8 Å². The minimum atomic E-state index is 0.642. The SMILES string of the molecule is Nc1[nH]ncc1-c1ccc2c(c1)CCCS2. The summed E-state index contributed by atoms with van der Waals surface area (Å²) >= 11 is 1.94. The van der Waals surface area contributed by atoms with E-state index in [1.165, 1.54) is 29.1 Å². The van der Waals surface area contributed by atoms with Crippen LogP contribution in [0.3, 0.4) is 0 Å². The number of fused-ring (bicyclic) bond motifs is 1. The molecule has 16 heavy (non-hydrogen) atoms. The summed E-state index contributed by atoms with van der Waals surface area (Å²) in [5, 5.41) is 6.72. The highest BCUT2D eigenvalue weighted by atomic mass is 32.2. The number of nitrogens with zero attached hydrogens (tertiary/aromatic N) is 1. The van der Waals surface area contributed by atoms with Crippen LogP contribution in [0.5, 0.6) is 0 Å². The Morgan fingerprint density at radius 1 is 1.38 bits per heavy atom. The molecule has 3 N–H and O–H groups in total. The summed E-state index contributed by atoms with van der Waals surface area (Å²) in [7, 11) is 0. The molecule has 4 heteroatoms. The lowest BCUT2D eigenvalue weighted by Crippen LogP contribution is -1.98. The Bertz CT molecular complexity index is 519. The van der Waals surface area contributed by atoms with E-state index in [1.54, 1.807) is 6.20 Å². The van der Waals surface area contributed by atoms with Gasteiger partial charge in [-0.3, -0.25) is 5.10 Å². The van der Waals surface area contributed by atoms with Crippen LogP contribution in [0.2, 0.25) is 0 Å². The van der Waals surface area contributed by atoms with Crippen LogP contribution in [0.15, 0.2) is 29.3 Å². The van der Waals surface area contributed by atoms with Crippen molar-refractivity contribution in [2.75, 3.05) is 11.5 Å². The number of hydrogen-bond acceptors (Lipinski definition) is 3. The number of anilines is 1. The first kappa shape index (κ1) is 9.78. The van der Waals surface area contributed by atoms with Crippen LogP contribution in [-0.2, 0) is 6.42 Å². The number of aryl methyl sites for hydroxylation is 1. The highest BCUT2D eigenvalue weighted by Crippen LogP contribution is 2.34. The molecule has 2 aromatic rings. The van der Waals surface area contributed by atoms with E-state index in [0.29, 0.717) is 5.82 Å². The molecular weight excluding hydrogens is 218 g/mol. The third kappa shape index (κ3) is 1.59. The van der Waals surface area contributed by atoms with E-state index >= 15 is 0 Å². The van der Waals surface area contributed by atoms with E-state index in [4.69, 9.17) is 5.73 Å². The molecule has 0 unspecified atom stereocenters. The number of nitrogens with two attached hydrogens (primary N) is 1. The fraction of sp³-hybridized carbons (Fsp3) is 0.250. The lowest BCUT2D eigenvalue weighted by Gasteiger charge is -2.15. The number of rotatable bonds is 1. The zero-order valence-electron chi connectivity index (χ0n) is 8.86. The molecule has 1 aromatic heterocycles. The van der Waals surface area contributed by atoms with E-state index in [0.717, 1.165) is 11.1 Å². The minimum absolute atomic E-state index is 0.642. The lowest BCUT2D eigenvalue weighted by molar-refractivity contribution is 0.890. The number of aromatic amines is 1. The molecule has 2 heterocycles. The summed E-state index contributed by atoms with van der Waals surface area (Å²) < 4.78 is 0. The van der Waals surface area contributed by atoms with E-state index in [9.17, 15) is 0 Å². The van der Waals surface area contributed by atoms with Crippen molar-refractivity contribution in [3.05, 3.63) is 30.0 Å². The van der Waals surface area contributed by atoms with Gasteiger partial charge < -0.3 is 5.73 Å². The van der Waals surface area contributed by atoms with Crippen molar-refractivity contribution < 1.29 is 0 Å². The molecule has 1 aliphatic rings. The van der Waals surface area contributed by atoms with Gasteiger partial charge in [-0.05, 0) is 41.9 Å². The zero-order chi connectivity index (χ0) is 11.0. The maximum absolute atomic E-state index is 5.83. The Morgan fingerprint density at radius 2 is 2.31 bits per heavy atom. The second-order valence-corrected chi connectivity index (χ2v) is 5.11. The van der Waals surface area contributed by atoms with Crippen LogP contribution >= 0.6 is 11.8 Å². The lowest BCUT2D eigenvalue weighted by atomic mass is 10.0. The van der Waals surface area contributed by atoms with Crippen LogP contribution in [-0.4, -0.2) is 16.0 Å². The topological polar surface area (TPSA) is 54.7 Å². The van der Waals surface area contributed by atoms with Crippen molar-refractivity contribution in [2.45, 2.75) is 17.7 Å². The molecule has 0 amide bonds. The number of benzene rings is 1. The zero-order valence-corrected chi connectivity index (χ0v) is 9.68. The second kappa shape index (κ2) is 3.87. The Balaban J connectivity index is 2.06. The van der Waals surface area contributed by atoms with Gasteiger partial charge in [0, 0.05) is 10.5 Å². The normalized spacial score (nSPS) is 14.8. The Morgan fingerprint density at radius 3 is 3.12 bits per heavy atom. The predicted octanol–water partition coefficient (Wildman–Crippen LogP) is 2.70. The fourth-order valence-corrected chi connectivity index (χ4v) is 3.07. The maximum Gasteiger partial charge on any atom is 0.126 e. The summed E-state index contributed by atoms with van der Waals surface area (Å²) in [5.41, 5.74) is 9.42. The molecule has 0 saturated carbocycles. The molecular formula is C12H13N3S. The molecule has 0 saturated heterocycles. The van der Waals surface area contributed by atoms with Gasteiger partial charge >= 0.3 is 0 Å². The van der Waals surface area contributed by atoms with Gasteiger partial charge in [-0.1, -0.05) is 6.07 Å². The average Bonchev–Trinajstić information content (AvgIpc) is 2.75. The molecule has 0 atom stereocenters. The molecule has 0 radical (unpaired) electrons. The smallest absolute Gasteiger partial charge is 0.126 e. The van der Waals surface area contributed by atoms with Crippen molar-refractivity contribution in [3.63, 3.8) is 0 Å². The largest absolute Gasteiger partial charge is 0.384 e. The molecule has 0 bridgehead atoms. The van der Waals surface area contributed by atoms with Gasteiger partial charge in [-0.25, -0.2) is 0 Å². The van der Waals surface area contributed by atoms with Gasteiger partial charge in [0.05, 0.1) is 6.20 Å². The monoisotopic (exact) mass is 231 g/mol. The van der Waals surface area contributed by atoms with E-state index in [2.05, 4.69) is 28.4 Å². The Hall–Kier alpha value is -1.42. The first-order chi connectivity index (χ1) is 7.84. The fourth-order valence-electron chi connectivity index (χ4n) is 2.05. The van der Waals surface area contributed by atoms with Crippen LogP contribution in [0.25, 0.3) is 11.1 Å². The summed E-state index contributed by atoms with van der Waals surface area (Å²) in [6.45, 7) is 0. The highest BCUT2D eigenvalue weighted by Gasteiger charge is 2.12. The van der Waals surface area contributed by atoms with Crippen LogP contribution in [0, 0.1) is 0 Å². The Kier molecular flexibility index (Phi) is 2.36. The number of thioether (sulfide) groups is 1. The molecule has 1 aliphatic heterocycles. The van der Waals surface area contributed by atoms with Gasteiger partial charge in [-0.2, -0.15) is 5.10 Å². The number of nitrogens with one attached hydrogen (secondary N) is 1. The van der Waals surface area contributed by atoms with Crippen molar-refractivity contribution in [2.24, 2.45) is 0 Å². The summed E-state index contributed by atoms with van der Waals surface area (Å²) in [6, 6.07) is 6.56. The number of nitrogen functional groups attached to an aromatic ring is 1. The average molecular weight is 231 g/mol. The number of aromatic nitrogens is 2. The van der Waals surface area contributed by atoms with Crippen LogP contribution in [0.1, 0.15) is 12.0 Å². The summed E-state index contributed by atoms with van der Waals surface area (Å²) in [4.78, 5) is 1.41. The standard InChI is InChI=1S/C12H13N3S/c13-12-10(7-14-15-12)8-3-4-11-9(6-8)2-1-5-16-11/h3-4,6-7H,1-2,5H2,(H3,13,14,15). The van der Waals surface area contributed by atoms with E-state index in [-0.39, 0.29) is 0 Å². The first-order valence-electron chi connectivity index (χ1n) is 5.39. The van der Waals surface area contributed by atoms with Crippen LogP contribution < -0.4 is 5.73 Å². The quantitative estimate of drug-likeness (QED) is 0.793. The molecule has 82 valence electrons. The van der Waals surface area contributed by atoms with Crippen molar-refractivity contribution in [3.8, 4) is 11.1 Å². The van der Waals surface area contributed by atoms with Crippen molar-refractivity contribution in [1.29, 1.82) is 0 Å². The first-order valence-corrected chi connectivity index (χ1v) is 6.38. The minimum Gasteiger partial charge on any atom is -0.384 e. The van der Waals surface area contributed by atoms with Gasteiger partial charge in [0.25, 0.3) is 0 Å². The number of hydrogen-bond donors (Lipinski definition) is 2. The second-order valence-electron chi connectivity index (χ2n) is 3.97. The maximum atomic E-state index is 5.83.